The highest BCUT2D eigenvalue weighted by Gasteiger charge is 2.32. The summed E-state index contributed by atoms with van der Waals surface area (Å²) in [5.74, 6) is 2.58. The van der Waals surface area contributed by atoms with Crippen molar-refractivity contribution >= 4 is 11.8 Å². The molecule has 2 heterocycles. The molecular formula is C28H36N2O4. The Bertz CT molecular complexity index is 915. The van der Waals surface area contributed by atoms with Crippen molar-refractivity contribution in [1.82, 2.24) is 9.80 Å². The van der Waals surface area contributed by atoms with Crippen LogP contribution in [0.5, 0.6) is 11.5 Å². The van der Waals surface area contributed by atoms with Gasteiger partial charge in [-0.3, -0.25) is 9.59 Å². The van der Waals surface area contributed by atoms with Gasteiger partial charge in [-0.2, -0.15) is 0 Å². The van der Waals surface area contributed by atoms with Crippen molar-refractivity contribution in [1.29, 1.82) is 0 Å². The molecule has 182 valence electrons. The first kappa shape index (κ1) is 24.1. The van der Waals surface area contributed by atoms with Crippen molar-refractivity contribution in [2.24, 2.45) is 11.8 Å². The molecule has 2 fully saturated rings. The van der Waals surface area contributed by atoms with Crippen molar-refractivity contribution in [2.45, 2.75) is 38.5 Å². The van der Waals surface area contributed by atoms with Crippen molar-refractivity contribution < 1.29 is 19.1 Å². The normalized spacial score (nSPS) is 17.4. The van der Waals surface area contributed by atoms with Crippen LogP contribution in [0.25, 0.3) is 0 Å². The van der Waals surface area contributed by atoms with E-state index in [2.05, 4.69) is 17.0 Å². The van der Waals surface area contributed by atoms with Gasteiger partial charge in [-0.25, -0.2) is 0 Å². The summed E-state index contributed by atoms with van der Waals surface area (Å²) >= 11 is 0. The van der Waals surface area contributed by atoms with E-state index in [0.717, 1.165) is 50.9 Å². The van der Waals surface area contributed by atoms with Gasteiger partial charge < -0.3 is 19.3 Å². The molecule has 2 aliphatic rings. The first-order valence-corrected chi connectivity index (χ1v) is 12.5. The quantitative estimate of drug-likeness (QED) is 0.588. The van der Waals surface area contributed by atoms with E-state index in [1.807, 2.05) is 47.4 Å². The Hall–Kier alpha value is -3.02. The molecule has 2 saturated heterocycles. The average Bonchev–Trinajstić information content (AvgIpc) is 2.91. The summed E-state index contributed by atoms with van der Waals surface area (Å²) in [7, 11) is 1.69. The second-order valence-corrected chi connectivity index (χ2v) is 9.41. The molecule has 0 aromatic heterocycles. The minimum Gasteiger partial charge on any atom is -0.497 e. The van der Waals surface area contributed by atoms with Crippen molar-refractivity contribution in [2.75, 3.05) is 39.9 Å². The van der Waals surface area contributed by atoms with Gasteiger partial charge in [0, 0.05) is 32.1 Å². The highest BCUT2D eigenvalue weighted by Crippen LogP contribution is 2.26. The number of methoxy groups -OCH3 is 1. The van der Waals surface area contributed by atoms with E-state index in [1.165, 1.54) is 12.0 Å². The van der Waals surface area contributed by atoms with Crippen LogP contribution in [-0.4, -0.2) is 61.5 Å². The van der Waals surface area contributed by atoms with Crippen LogP contribution in [0.2, 0.25) is 0 Å². The Balaban J connectivity index is 1.14. The SMILES string of the molecule is COc1ccc(CCC2CCN(C(=O)C3CCN(C(=O)COc4ccccc4)CC3)CC2)cc1. The fourth-order valence-corrected chi connectivity index (χ4v) is 4.99. The number of para-hydroxylation sites is 1. The van der Waals surface area contributed by atoms with Gasteiger partial charge in [-0.05, 0) is 74.3 Å². The van der Waals surface area contributed by atoms with E-state index in [4.69, 9.17) is 9.47 Å². The van der Waals surface area contributed by atoms with Crippen molar-refractivity contribution in [3.05, 3.63) is 60.2 Å². The van der Waals surface area contributed by atoms with Gasteiger partial charge in [0.15, 0.2) is 6.61 Å². The lowest BCUT2D eigenvalue weighted by Crippen LogP contribution is -2.47. The minimum atomic E-state index is -0.00701. The third-order valence-corrected chi connectivity index (χ3v) is 7.23. The van der Waals surface area contributed by atoms with Gasteiger partial charge in [-0.1, -0.05) is 30.3 Å². The molecule has 2 aromatic carbocycles. The van der Waals surface area contributed by atoms with Crippen molar-refractivity contribution in [3.63, 3.8) is 0 Å². The topological polar surface area (TPSA) is 59.1 Å². The maximum atomic E-state index is 13.1. The summed E-state index contributed by atoms with van der Waals surface area (Å²) in [4.78, 5) is 29.4. The number of benzene rings is 2. The first-order chi connectivity index (χ1) is 16.6. The number of piperidine rings is 2. The summed E-state index contributed by atoms with van der Waals surface area (Å²) in [5.41, 5.74) is 1.34. The van der Waals surface area contributed by atoms with Crippen LogP contribution in [0.15, 0.2) is 54.6 Å². The number of carbonyl (C=O) groups is 2. The third kappa shape index (κ3) is 6.52. The third-order valence-electron chi connectivity index (χ3n) is 7.23. The molecule has 0 unspecified atom stereocenters. The Morgan fingerprint density at radius 3 is 2.12 bits per heavy atom. The Morgan fingerprint density at radius 1 is 0.824 bits per heavy atom. The van der Waals surface area contributed by atoms with E-state index in [9.17, 15) is 9.59 Å². The fraction of sp³-hybridized carbons (Fsp3) is 0.500. The van der Waals surface area contributed by atoms with E-state index < -0.39 is 0 Å². The zero-order valence-electron chi connectivity index (χ0n) is 20.2. The summed E-state index contributed by atoms with van der Waals surface area (Å²) < 4.78 is 10.8. The standard InChI is InChI=1S/C28H36N2O4/c1-33-25-11-9-22(10-12-25)7-8-23-13-17-30(18-14-23)28(32)24-15-19-29(20-16-24)27(31)21-34-26-5-3-2-4-6-26/h2-6,9-12,23-24H,7-8,13-21H2,1H3. The number of nitrogens with zero attached hydrogens (tertiary/aromatic N) is 2. The smallest absolute Gasteiger partial charge is 0.260 e. The van der Waals surface area contributed by atoms with E-state index in [1.54, 1.807) is 7.11 Å². The summed E-state index contributed by atoms with van der Waals surface area (Å²) in [5, 5.41) is 0. The summed E-state index contributed by atoms with van der Waals surface area (Å²) in [6.07, 6.45) is 5.88. The molecule has 2 aromatic rings. The molecule has 4 rings (SSSR count). The van der Waals surface area contributed by atoms with Crippen LogP contribution in [0.1, 0.15) is 37.7 Å². The largest absolute Gasteiger partial charge is 0.497 e. The molecule has 6 heteroatoms. The number of carbonyl (C=O) groups excluding carboxylic acids is 2. The molecule has 34 heavy (non-hydrogen) atoms. The molecule has 0 aliphatic carbocycles. The zero-order valence-corrected chi connectivity index (χ0v) is 20.2. The second-order valence-electron chi connectivity index (χ2n) is 9.41. The molecule has 0 saturated carbocycles. The number of likely N-dealkylation sites (tertiary alicyclic amines) is 2. The highest BCUT2D eigenvalue weighted by molar-refractivity contribution is 5.80. The zero-order chi connectivity index (χ0) is 23.8. The Kier molecular flexibility index (Phi) is 8.45. The van der Waals surface area contributed by atoms with Gasteiger partial charge in [0.05, 0.1) is 7.11 Å². The van der Waals surface area contributed by atoms with Crippen LogP contribution in [-0.2, 0) is 16.0 Å². The highest BCUT2D eigenvalue weighted by atomic mass is 16.5. The number of rotatable bonds is 8. The number of ether oxygens (including phenoxy) is 2. The Labute approximate surface area is 202 Å². The number of hydrogen-bond acceptors (Lipinski definition) is 4. The molecule has 0 radical (unpaired) electrons. The number of aryl methyl sites for hydroxylation is 1. The van der Waals surface area contributed by atoms with Gasteiger partial charge >= 0.3 is 0 Å². The predicted octanol–water partition coefficient (Wildman–Crippen LogP) is 4.18. The van der Waals surface area contributed by atoms with Crippen LogP contribution >= 0.6 is 0 Å². The van der Waals surface area contributed by atoms with Crippen LogP contribution in [0, 0.1) is 11.8 Å². The monoisotopic (exact) mass is 464 g/mol. The molecule has 0 atom stereocenters. The van der Waals surface area contributed by atoms with Gasteiger partial charge in [0.25, 0.3) is 5.91 Å². The number of amides is 2. The lowest BCUT2D eigenvalue weighted by molar-refractivity contribution is -0.142. The maximum Gasteiger partial charge on any atom is 0.260 e. The average molecular weight is 465 g/mol. The fourth-order valence-electron chi connectivity index (χ4n) is 4.99. The van der Waals surface area contributed by atoms with Gasteiger partial charge in [0.2, 0.25) is 5.91 Å². The van der Waals surface area contributed by atoms with Crippen LogP contribution in [0.4, 0.5) is 0 Å². The predicted molar refractivity (Wildman–Crippen MR) is 132 cm³/mol. The van der Waals surface area contributed by atoms with Gasteiger partial charge in [0.1, 0.15) is 11.5 Å². The molecule has 0 spiro atoms. The minimum absolute atomic E-state index is 0.00701. The summed E-state index contributed by atoms with van der Waals surface area (Å²) in [6.45, 7) is 3.02. The lowest BCUT2D eigenvalue weighted by atomic mass is 9.89. The second kappa shape index (κ2) is 11.9. The lowest BCUT2D eigenvalue weighted by Gasteiger charge is -2.37. The summed E-state index contributed by atoms with van der Waals surface area (Å²) in [6, 6.07) is 17.7. The van der Waals surface area contributed by atoms with Crippen LogP contribution in [0.3, 0.4) is 0 Å². The molecule has 2 aliphatic heterocycles. The molecule has 0 bridgehead atoms. The van der Waals surface area contributed by atoms with Crippen molar-refractivity contribution in [3.8, 4) is 11.5 Å². The molecule has 0 N–H and O–H groups in total. The number of hydrogen-bond donors (Lipinski definition) is 0. The van der Waals surface area contributed by atoms with E-state index >= 15 is 0 Å². The molecule has 2 amide bonds. The molecular weight excluding hydrogens is 428 g/mol. The van der Waals surface area contributed by atoms with Gasteiger partial charge in [-0.15, -0.1) is 0 Å². The first-order valence-electron chi connectivity index (χ1n) is 12.5. The Morgan fingerprint density at radius 2 is 1.47 bits per heavy atom. The van der Waals surface area contributed by atoms with E-state index in [0.29, 0.717) is 24.8 Å². The molecule has 6 nitrogen and oxygen atoms in total. The maximum absolute atomic E-state index is 13.1. The van der Waals surface area contributed by atoms with Crippen LogP contribution < -0.4 is 9.47 Å². The van der Waals surface area contributed by atoms with E-state index in [-0.39, 0.29) is 24.3 Å².